The molecule has 0 spiro atoms. The summed E-state index contributed by atoms with van der Waals surface area (Å²) in [5, 5.41) is 3.81. The molecule has 2 rings (SSSR count). The van der Waals surface area contributed by atoms with Gasteiger partial charge in [0, 0.05) is 12.1 Å². The summed E-state index contributed by atoms with van der Waals surface area (Å²) in [6.07, 6.45) is 7.71. The quantitative estimate of drug-likeness (QED) is 0.718. The van der Waals surface area contributed by atoms with Gasteiger partial charge in [-0.3, -0.25) is 0 Å². The zero-order valence-electron chi connectivity index (χ0n) is 11.5. The highest BCUT2D eigenvalue weighted by atomic mass is 15.0. The first-order valence-electron chi connectivity index (χ1n) is 6.82. The average Bonchev–Trinajstić information content (AvgIpc) is 2.76. The van der Waals surface area contributed by atoms with Gasteiger partial charge in [-0.1, -0.05) is 32.9 Å². The molecule has 0 radical (unpaired) electrons. The maximum atomic E-state index is 3.81. The van der Waals surface area contributed by atoms with E-state index < -0.39 is 0 Å². The van der Waals surface area contributed by atoms with E-state index in [1.165, 1.54) is 12.8 Å². The summed E-state index contributed by atoms with van der Waals surface area (Å²) in [6.45, 7) is 11.6. The van der Waals surface area contributed by atoms with Gasteiger partial charge >= 0.3 is 0 Å². The number of rotatable bonds is 3. The first-order valence-corrected chi connectivity index (χ1v) is 6.82. The van der Waals surface area contributed by atoms with Crippen LogP contribution >= 0.6 is 0 Å². The summed E-state index contributed by atoms with van der Waals surface area (Å²) in [6, 6.07) is 1.25. The number of nitrogens with one attached hydrogen (secondary N) is 1. The molecule has 0 aromatic carbocycles. The summed E-state index contributed by atoms with van der Waals surface area (Å²) in [7, 11) is 0. The van der Waals surface area contributed by atoms with Crippen molar-refractivity contribution in [3.8, 4) is 0 Å². The van der Waals surface area contributed by atoms with E-state index in [0.717, 1.165) is 17.8 Å². The summed E-state index contributed by atoms with van der Waals surface area (Å²) in [5.74, 6) is 2.63. The average molecular weight is 221 g/mol. The van der Waals surface area contributed by atoms with E-state index in [2.05, 4.69) is 52.1 Å². The molecule has 5 unspecified atom stereocenters. The third kappa shape index (κ3) is 2.34. The van der Waals surface area contributed by atoms with Gasteiger partial charge in [-0.25, -0.2) is 0 Å². The maximum Gasteiger partial charge on any atom is 0.00898 e. The van der Waals surface area contributed by atoms with Crippen molar-refractivity contribution >= 4 is 0 Å². The van der Waals surface area contributed by atoms with Gasteiger partial charge in [-0.2, -0.15) is 0 Å². The van der Waals surface area contributed by atoms with Crippen LogP contribution in [0.1, 0.15) is 47.5 Å². The standard InChI is InChI=1S/C15H27N/c1-10(16-11(2)15(3,4)5)14-9-12-6-7-13(14)8-12/h6-7,10-14,16H,8-9H2,1-5H3. The van der Waals surface area contributed by atoms with Gasteiger partial charge in [0.2, 0.25) is 0 Å². The lowest BCUT2D eigenvalue weighted by atomic mass is 9.84. The van der Waals surface area contributed by atoms with Gasteiger partial charge in [0.05, 0.1) is 0 Å². The molecule has 0 amide bonds. The molecule has 16 heavy (non-hydrogen) atoms. The monoisotopic (exact) mass is 221 g/mol. The van der Waals surface area contributed by atoms with Crippen LogP contribution in [0.15, 0.2) is 12.2 Å². The molecule has 1 nitrogen and oxygen atoms in total. The second kappa shape index (κ2) is 4.18. The summed E-state index contributed by atoms with van der Waals surface area (Å²) < 4.78 is 0. The highest BCUT2D eigenvalue weighted by Crippen LogP contribution is 2.45. The number of fused-ring (bicyclic) bond motifs is 2. The molecule has 2 bridgehead atoms. The molecule has 1 N–H and O–H groups in total. The third-order valence-corrected chi connectivity index (χ3v) is 4.78. The lowest BCUT2D eigenvalue weighted by Gasteiger charge is -2.35. The van der Waals surface area contributed by atoms with Crippen molar-refractivity contribution in [2.45, 2.75) is 59.5 Å². The Morgan fingerprint density at radius 1 is 1.12 bits per heavy atom. The Labute approximate surface area is 101 Å². The van der Waals surface area contributed by atoms with Crippen LogP contribution in [0.4, 0.5) is 0 Å². The molecular formula is C15H27N. The van der Waals surface area contributed by atoms with Crippen molar-refractivity contribution in [1.29, 1.82) is 0 Å². The van der Waals surface area contributed by atoms with E-state index in [4.69, 9.17) is 0 Å². The Morgan fingerprint density at radius 3 is 2.25 bits per heavy atom. The minimum absolute atomic E-state index is 0.363. The summed E-state index contributed by atoms with van der Waals surface area (Å²) >= 11 is 0. The van der Waals surface area contributed by atoms with Gasteiger partial charge in [0.1, 0.15) is 0 Å². The van der Waals surface area contributed by atoms with Crippen LogP contribution in [0.25, 0.3) is 0 Å². The summed E-state index contributed by atoms with van der Waals surface area (Å²) in [5.41, 5.74) is 0.363. The van der Waals surface area contributed by atoms with Crippen molar-refractivity contribution < 1.29 is 0 Å². The van der Waals surface area contributed by atoms with Gasteiger partial charge in [-0.05, 0) is 49.9 Å². The second-order valence-electron chi connectivity index (χ2n) is 6.99. The SMILES string of the molecule is CC(NC(C)C(C)(C)C)C1CC2C=CC1C2. The Balaban J connectivity index is 1.89. The van der Waals surface area contributed by atoms with Crippen LogP contribution in [0, 0.1) is 23.2 Å². The van der Waals surface area contributed by atoms with Gasteiger partial charge in [-0.15, -0.1) is 0 Å². The van der Waals surface area contributed by atoms with E-state index in [1.807, 2.05) is 0 Å². The van der Waals surface area contributed by atoms with Gasteiger partial charge in [0.15, 0.2) is 0 Å². The fourth-order valence-corrected chi connectivity index (χ4v) is 3.17. The molecule has 1 fully saturated rings. The first-order chi connectivity index (χ1) is 7.38. The highest BCUT2D eigenvalue weighted by molar-refractivity contribution is 5.11. The van der Waals surface area contributed by atoms with Crippen molar-refractivity contribution in [2.75, 3.05) is 0 Å². The van der Waals surface area contributed by atoms with Crippen LogP contribution in [-0.4, -0.2) is 12.1 Å². The normalized spacial score (nSPS) is 36.7. The topological polar surface area (TPSA) is 12.0 Å². The van der Waals surface area contributed by atoms with Crippen LogP contribution in [0.3, 0.4) is 0 Å². The van der Waals surface area contributed by atoms with Crippen LogP contribution < -0.4 is 5.32 Å². The molecule has 0 heterocycles. The van der Waals surface area contributed by atoms with Crippen molar-refractivity contribution in [3.63, 3.8) is 0 Å². The lowest BCUT2D eigenvalue weighted by molar-refractivity contribution is 0.224. The second-order valence-corrected chi connectivity index (χ2v) is 6.99. The maximum absolute atomic E-state index is 3.81. The van der Waals surface area contributed by atoms with Gasteiger partial charge in [0.25, 0.3) is 0 Å². The fraction of sp³-hybridized carbons (Fsp3) is 0.867. The Kier molecular flexibility index (Phi) is 3.18. The van der Waals surface area contributed by atoms with Crippen LogP contribution in [-0.2, 0) is 0 Å². The molecule has 0 aromatic heterocycles. The predicted molar refractivity (Wildman–Crippen MR) is 70.4 cm³/mol. The van der Waals surface area contributed by atoms with Crippen molar-refractivity contribution in [3.05, 3.63) is 12.2 Å². The lowest BCUT2D eigenvalue weighted by Crippen LogP contribution is -2.46. The number of allylic oxidation sites excluding steroid dienone is 2. The molecule has 0 aliphatic heterocycles. The van der Waals surface area contributed by atoms with Crippen LogP contribution in [0.2, 0.25) is 0 Å². The predicted octanol–water partition coefficient (Wildman–Crippen LogP) is 3.61. The first kappa shape index (κ1) is 12.2. The molecule has 92 valence electrons. The van der Waals surface area contributed by atoms with E-state index in [9.17, 15) is 0 Å². The highest BCUT2D eigenvalue weighted by Gasteiger charge is 2.39. The number of hydrogen-bond acceptors (Lipinski definition) is 1. The minimum atomic E-state index is 0.363. The molecule has 2 aliphatic rings. The Hall–Kier alpha value is -0.300. The van der Waals surface area contributed by atoms with Crippen LogP contribution in [0.5, 0.6) is 0 Å². The minimum Gasteiger partial charge on any atom is -0.311 e. The zero-order valence-corrected chi connectivity index (χ0v) is 11.5. The molecule has 1 saturated carbocycles. The fourth-order valence-electron chi connectivity index (χ4n) is 3.17. The van der Waals surface area contributed by atoms with E-state index >= 15 is 0 Å². The smallest absolute Gasteiger partial charge is 0.00898 e. The zero-order chi connectivity index (χ0) is 11.9. The van der Waals surface area contributed by atoms with E-state index in [1.54, 1.807) is 0 Å². The third-order valence-electron chi connectivity index (χ3n) is 4.78. The largest absolute Gasteiger partial charge is 0.311 e. The van der Waals surface area contributed by atoms with E-state index in [-0.39, 0.29) is 0 Å². The van der Waals surface area contributed by atoms with E-state index in [0.29, 0.717) is 17.5 Å². The molecular weight excluding hydrogens is 194 g/mol. The van der Waals surface area contributed by atoms with Gasteiger partial charge < -0.3 is 5.32 Å². The van der Waals surface area contributed by atoms with Crippen molar-refractivity contribution in [1.82, 2.24) is 5.32 Å². The molecule has 2 aliphatic carbocycles. The van der Waals surface area contributed by atoms with Crippen molar-refractivity contribution in [2.24, 2.45) is 23.2 Å². The number of hydrogen-bond donors (Lipinski definition) is 1. The molecule has 0 aromatic rings. The summed E-state index contributed by atoms with van der Waals surface area (Å²) in [4.78, 5) is 0. The molecule has 5 atom stereocenters. The Bertz CT molecular complexity index is 274. The Morgan fingerprint density at radius 2 is 1.81 bits per heavy atom. The molecule has 0 saturated heterocycles. The molecule has 1 heteroatoms.